The van der Waals surface area contributed by atoms with E-state index in [4.69, 9.17) is 5.73 Å². The van der Waals surface area contributed by atoms with Crippen molar-refractivity contribution in [2.24, 2.45) is 11.1 Å². The van der Waals surface area contributed by atoms with Gasteiger partial charge in [0, 0.05) is 20.6 Å². The van der Waals surface area contributed by atoms with E-state index in [0.717, 1.165) is 0 Å². The molecule has 8 heteroatoms. The van der Waals surface area contributed by atoms with Gasteiger partial charge in [-0.05, 0) is 12.0 Å². The van der Waals surface area contributed by atoms with Gasteiger partial charge in [-0.3, -0.25) is 19.3 Å². The van der Waals surface area contributed by atoms with Crippen molar-refractivity contribution in [3.8, 4) is 0 Å². The zero-order chi connectivity index (χ0) is 15.7. The lowest BCUT2D eigenvalue weighted by Gasteiger charge is -2.29. The molecule has 0 unspecified atom stereocenters. The van der Waals surface area contributed by atoms with E-state index in [2.05, 4.69) is 0 Å². The maximum absolute atomic E-state index is 12.0. The summed E-state index contributed by atoms with van der Waals surface area (Å²) in [6.45, 7) is 4.15. The predicted octanol–water partition coefficient (Wildman–Crippen LogP) is -1.15. The van der Waals surface area contributed by atoms with Crippen molar-refractivity contribution >= 4 is 23.8 Å². The van der Waals surface area contributed by atoms with E-state index in [1.165, 1.54) is 11.9 Å². The number of hydrogen-bond donors (Lipinski definition) is 1. The summed E-state index contributed by atoms with van der Waals surface area (Å²) < 4.78 is 0. The molecule has 0 aromatic rings. The number of carbonyl (C=O) groups excluding carboxylic acids is 4. The normalized spacial score (nSPS) is 16.1. The molecular formula is C12H20N4O4. The van der Waals surface area contributed by atoms with Crippen LogP contribution in [0.2, 0.25) is 0 Å². The number of nitrogens with two attached hydrogens (primary N) is 1. The standard InChI is InChI=1S/C12H20N4O4/c1-12(2,6-13)7-14(3)8(17)5-16-10(19)9(18)15(4)11(16)20/h5-7,13H2,1-4H3. The van der Waals surface area contributed by atoms with E-state index in [1.54, 1.807) is 7.05 Å². The smallest absolute Gasteiger partial charge is 0.334 e. The first-order valence-corrected chi connectivity index (χ1v) is 6.18. The van der Waals surface area contributed by atoms with E-state index in [9.17, 15) is 19.2 Å². The maximum Gasteiger partial charge on any atom is 0.334 e. The lowest BCUT2D eigenvalue weighted by atomic mass is 9.93. The van der Waals surface area contributed by atoms with E-state index < -0.39 is 30.3 Å². The van der Waals surface area contributed by atoms with Crippen LogP contribution < -0.4 is 5.73 Å². The molecule has 0 spiro atoms. The quantitative estimate of drug-likeness (QED) is 0.507. The van der Waals surface area contributed by atoms with Crippen molar-refractivity contribution in [1.82, 2.24) is 14.7 Å². The third kappa shape index (κ3) is 3.13. The Morgan fingerprint density at radius 1 is 1.25 bits per heavy atom. The Morgan fingerprint density at radius 3 is 2.20 bits per heavy atom. The second-order valence-electron chi connectivity index (χ2n) is 5.66. The van der Waals surface area contributed by atoms with Crippen LogP contribution in [0.4, 0.5) is 4.79 Å². The van der Waals surface area contributed by atoms with Crippen LogP contribution in [0.3, 0.4) is 0 Å². The zero-order valence-corrected chi connectivity index (χ0v) is 12.2. The summed E-state index contributed by atoms with van der Waals surface area (Å²) >= 11 is 0. The van der Waals surface area contributed by atoms with Crippen molar-refractivity contribution < 1.29 is 19.2 Å². The summed E-state index contributed by atoms with van der Waals surface area (Å²) in [6.07, 6.45) is 0. The third-order valence-electron chi connectivity index (χ3n) is 3.19. The van der Waals surface area contributed by atoms with Crippen LogP contribution in [-0.2, 0) is 14.4 Å². The van der Waals surface area contributed by atoms with Gasteiger partial charge in [-0.2, -0.15) is 0 Å². The summed E-state index contributed by atoms with van der Waals surface area (Å²) in [6, 6.07) is -0.778. The summed E-state index contributed by atoms with van der Waals surface area (Å²) in [5.74, 6) is -2.32. The minimum absolute atomic E-state index is 0.268. The van der Waals surface area contributed by atoms with E-state index in [0.29, 0.717) is 22.9 Å². The molecule has 20 heavy (non-hydrogen) atoms. The van der Waals surface area contributed by atoms with E-state index in [1.807, 2.05) is 13.8 Å². The van der Waals surface area contributed by atoms with Gasteiger partial charge in [0.25, 0.3) is 0 Å². The number of rotatable bonds is 5. The largest absolute Gasteiger partial charge is 0.344 e. The van der Waals surface area contributed by atoms with Crippen LogP contribution in [0.1, 0.15) is 13.8 Å². The molecule has 1 fully saturated rings. The molecule has 0 bridgehead atoms. The highest BCUT2D eigenvalue weighted by atomic mass is 16.2. The van der Waals surface area contributed by atoms with Gasteiger partial charge in [0.2, 0.25) is 5.91 Å². The van der Waals surface area contributed by atoms with Crippen LogP contribution in [0.15, 0.2) is 0 Å². The molecule has 2 N–H and O–H groups in total. The average Bonchev–Trinajstić information content (AvgIpc) is 2.56. The Labute approximate surface area is 117 Å². The first-order chi connectivity index (χ1) is 9.10. The lowest BCUT2D eigenvalue weighted by Crippen LogP contribution is -2.45. The predicted molar refractivity (Wildman–Crippen MR) is 70.4 cm³/mol. The number of likely N-dealkylation sites (N-methyl/N-ethyl adjacent to an activating group) is 2. The molecule has 5 amide bonds. The van der Waals surface area contributed by atoms with Gasteiger partial charge in [-0.1, -0.05) is 13.8 Å². The Hall–Kier alpha value is -1.96. The molecule has 8 nitrogen and oxygen atoms in total. The molecule has 1 heterocycles. The minimum atomic E-state index is -0.975. The van der Waals surface area contributed by atoms with Gasteiger partial charge in [-0.25, -0.2) is 9.69 Å². The SMILES string of the molecule is CN(CC(C)(C)CN)C(=O)CN1C(=O)C(=O)N(C)C1=O. The monoisotopic (exact) mass is 284 g/mol. The summed E-state index contributed by atoms with van der Waals surface area (Å²) in [5, 5.41) is 0. The number of urea groups is 1. The van der Waals surface area contributed by atoms with Gasteiger partial charge in [0.1, 0.15) is 6.54 Å². The molecule has 1 aliphatic heterocycles. The molecule has 1 aliphatic rings. The Balaban J connectivity index is 2.70. The molecule has 0 radical (unpaired) electrons. The highest BCUT2D eigenvalue weighted by Crippen LogP contribution is 2.15. The molecule has 0 atom stereocenters. The topological polar surface area (TPSA) is 104 Å². The average molecular weight is 284 g/mol. The summed E-state index contributed by atoms with van der Waals surface area (Å²) in [7, 11) is 2.77. The number of carbonyl (C=O) groups is 4. The second-order valence-corrected chi connectivity index (χ2v) is 5.66. The fourth-order valence-electron chi connectivity index (χ4n) is 1.80. The highest BCUT2D eigenvalue weighted by Gasteiger charge is 2.43. The molecule has 0 aromatic carbocycles. The lowest BCUT2D eigenvalue weighted by molar-refractivity contribution is -0.144. The Kier molecular flexibility index (Phi) is 4.49. The van der Waals surface area contributed by atoms with Gasteiger partial charge in [-0.15, -0.1) is 0 Å². The maximum atomic E-state index is 12.0. The third-order valence-corrected chi connectivity index (χ3v) is 3.19. The molecule has 0 saturated carbocycles. The van der Waals surface area contributed by atoms with Crippen molar-refractivity contribution in [2.45, 2.75) is 13.8 Å². The fourth-order valence-corrected chi connectivity index (χ4v) is 1.80. The molecule has 0 aromatic heterocycles. The second kappa shape index (κ2) is 5.58. The van der Waals surface area contributed by atoms with Crippen LogP contribution >= 0.6 is 0 Å². The molecule has 1 rings (SSSR count). The number of imide groups is 2. The van der Waals surface area contributed by atoms with Crippen LogP contribution in [0.25, 0.3) is 0 Å². The fraction of sp³-hybridized carbons (Fsp3) is 0.667. The zero-order valence-electron chi connectivity index (χ0n) is 12.2. The molecule has 112 valence electrons. The van der Waals surface area contributed by atoms with Crippen molar-refractivity contribution in [3.63, 3.8) is 0 Å². The van der Waals surface area contributed by atoms with Crippen molar-refractivity contribution in [1.29, 1.82) is 0 Å². The van der Waals surface area contributed by atoms with Crippen LogP contribution in [0.5, 0.6) is 0 Å². The molecule has 1 saturated heterocycles. The first-order valence-electron chi connectivity index (χ1n) is 6.18. The van der Waals surface area contributed by atoms with Gasteiger partial charge < -0.3 is 10.6 Å². The Morgan fingerprint density at radius 2 is 1.80 bits per heavy atom. The van der Waals surface area contributed by atoms with Gasteiger partial charge in [0.05, 0.1) is 0 Å². The van der Waals surface area contributed by atoms with Crippen LogP contribution in [0, 0.1) is 5.41 Å². The van der Waals surface area contributed by atoms with Crippen LogP contribution in [-0.4, -0.2) is 72.2 Å². The molecular weight excluding hydrogens is 264 g/mol. The van der Waals surface area contributed by atoms with Crippen molar-refractivity contribution in [3.05, 3.63) is 0 Å². The Bertz CT molecular complexity index is 460. The van der Waals surface area contributed by atoms with Gasteiger partial charge in [0.15, 0.2) is 0 Å². The summed E-state index contributed by atoms with van der Waals surface area (Å²) in [4.78, 5) is 49.3. The molecule has 0 aliphatic carbocycles. The minimum Gasteiger partial charge on any atom is -0.344 e. The first kappa shape index (κ1) is 16.1. The number of hydrogen-bond acceptors (Lipinski definition) is 5. The number of nitrogens with zero attached hydrogens (tertiary/aromatic N) is 3. The van der Waals surface area contributed by atoms with E-state index >= 15 is 0 Å². The summed E-state index contributed by atoms with van der Waals surface area (Å²) in [5.41, 5.74) is 5.32. The van der Waals surface area contributed by atoms with E-state index in [-0.39, 0.29) is 5.41 Å². The highest BCUT2D eigenvalue weighted by molar-refractivity contribution is 6.44. The van der Waals surface area contributed by atoms with Crippen molar-refractivity contribution in [2.75, 3.05) is 33.7 Å². The number of amides is 5. The van der Waals surface area contributed by atoms with Gasteiger partial charge >= 0.3 is 17.8 Å².